The molecule has 0 bridgehead atoms. The summed E-state index contributed by atoms with van der Waals surface area (Å²) < 4.78 is 5.51. The van der Waals surface area contributed by atoms with Crippen LogP contribution in [0.3, 0.4) is 0 Å². The zero-order valence-electron chi connectivity index (χ0n) is 10.6. The number of fused-ring (bicyclic) bond motifs is 1. The Morgan fingerprint density at radius 2 is 2.26 bits per heavy atom. The van der Waals surface area contributed by atoms with Crippen molar-refractivity contribution in [1.82, 2.24) is 4.98 Å². The van der Waals surface area contributed by atoms with Gasteiger partial charge in [-0.3, -0.25) is 0 Å². The van der Waals surface area contributed by atoms with E-state index in [2.05, 4.69) is 23.2 Å². The number of aryl methyl sites for hydroxylation is 1. The minimum absolute atomic E-state index is 0.759. The fourth-order valence-corrected chi connectivity index (χ4v) is 3.09. The lowest BCUT2D eigenvalue weighted by Crippen LogP contribution is -1.94. The lowest BCUT2D eigenvalue weighted by molar-refractivity contribution is 0.357. The third kappa shape index (κ3) is 2.84. The van der Waals surface area contributed by atoms with Crippen LogP contribution in [0.5, 0.6) is 5.75 Å². The van der Waals surface area contributed by atoms with Crippen molar-refractivity contribution in [3.63, 3.8) is 0 Å². The number of thioether (sulfide) groups is 1. The standard InChI is InChI=1S/C15H16N2OS/c16-13-2-1-7-17-15(13)19-9-6-11-3-4-14-12(10-11)5-8-18-14/h1-4,7,10H,5-6,8-9,16H2. The van der Waals surface area contributed by atoms with Crippen LogP contribution >= 0.6 is 11.8 Å². The highest BCUT2D eigenvalue weighted by molar-refractivity contribution is 7.99. The minimum atomic E-state index is 0.759. The number of nitrogens with two attached hydrogens (primary N) is 1. The lowest BCUT2D eigenvalue weighted by atomic mass is 10.1. The Balaban J connectivity index is 1.59. The molecule has 1 aliphatic heterocycles. The number of nitrogen functional groups attached to an aromatic ring is 1. The molecular weight excluding hydrogens is 256 g/mol. The Morgan fingerprint density at radius 3 is 3.16 bits per heavy atom. The number of hydrogen-bond donors (Lipinski definition) is 1. The van der Waals surface area contributed by atoms with Gasteiger partial charge in [0.2, 0.25) is 0 Å². The van der Waals surface area contributed by atoms with E-state index in [1.807, 2.05) is 12.1 Å². The summed E-state index contributed by atoms with van der Waals surface area (Å²) in [6, 6.07) is 10.2. The Morgan fingerprint density at radius 1 is 1.32 bits per heavy atom. The highest BCUT2D eigenvalue weighted by Crippen LogP contribution is 2.27. The minimum Gasteiger partial charge on any atom is -0.493 e. The summed E-state index contributed by atoms with van der Waals surface area (Å²) in [6.45, 7) is 0.817. The molecular formula is C15H16N2OS. The normalized spacial score (nSPS) is 13.1. The first-order valence-corrected chi connectivity index (χ1v) is 7.39. The number of nitrogens with zero attached hydrogens (tertiary/aromatic N) is 1. The molecule has 2 heterocycles. The highest BCUT2D eigenvalue weighted by Gasteiger charge is 2.11. The molecule has 0 fully saturated rings. The van der Waals surface area contributed by atoms with Gasteiger partial charge in [0.1, 0.15) is 10.8 Å². The Kier molecular flexibility index (Phi) is 3.60. The molecule has 3 rings (SSSR count). The van der Waals surface area contributed by atoms with Gasteiger partial charge in [-0.2, -0.15) is 0 Å². The third-order valence-electron chi connectivity index (χ3n) is 3.18. The maximum Gasteiger partial charge on any atom is 0.122 e. The summed E-state index contributed by atoms with van der Waals surface area (Å²) in [6.07, 6.45) is 3.84. The molecule has 0 amide bonds. The van der Waals surface area contributed by atoms with Gasteiger partial charge in [-0.15, -0.1) is 11.8 Å². The summed E-state index contributed by atoms with van der Waals surface area (Å²) in [5.74, 6) is 2.03. The molecule has 0 saturated heterocycles. The van der Waals surface area contributed by atoms with E-state index in [0.717, 1.165) is 41.7 Å². The summed E-state index contributed by atoms with van der Waals surface area (Å²) in [5.41, 5.74) is 9.32. The van der Waals surface area contributed by atoms with E-state index in [4.69, 9.17) is 10.5 Å². The van der Waals surface area contributed by atoms with E-state index < -0.39 is 0 Å². The Labute approximate surface area is 117 Å². The summed E-state index contributed by atoms with van der Waals surface area (Å²) in [5, 5.41) is 0.923. The molecule has 0 saturated carbocycles. The summed E-state index contributed by atoms with van der Waals surface area (Å²) in [7, 11) is 0. The molecule has 0 atom stereocenters. The quantitative estimate of drug-likeness (QED) is 0.869. The van der Waals surface area contributed by atoms with Gasteiger partial charge >= 0.3 is 0 Å². The molecule has 0 radical (unpaired) electrons. The Bertz CT molecular complexity index is 586. The zero-order valence-corrected chi connectivity index (χ0v) is 11.5. The van der Waals surface area contributed by atoms with E-state index in [0.29, 0.717) is 0 Å². The van der Waals surface area contributed by atoms with Gasteiger partial charge < -0.3 is 10.5 Å². The van der Waals surface area contributed by atoms with Crippen molar-refractivity contribution in [2.45, 2.75) is 17.9 Å². The van der Waals surface area contributed by atoms with Crippen LogP contribution in [0, 0.1) is 0 Å². The van der Waals surface area contributed by atoms with Gasteiger partial charge in [0.05, 0.1) is 12.3 Å². The number of pyridine rings is 1. The van der Waals surface area contributed by atoms with Gasteiger partial charge in [-0.05, 0) is 35.7 Å². The molecule has 2 N–H and O–H groups in total. The fourth-order valence-electron chi connectivity index (χ4n) is 2.18. The third-order valence-corrected chi connectivity index (χ3v) is 4.21. The van der Waals surface area contributed by atoms with Crippen LogP contribution in [-0.4, -0.2) is 17.3 Å². The van der Waals surface area contributed by atoms with Crippen molar-refractivity contribution < 1.29 is 4.74 Å². The SMILES string of the molecule is Nc1cccnc1SCCc1ccc2c(c1)CCO2. The molecule has 19 heavy (non-hydrogen) atoms. The number of ether oxygens (including phenoxy) is 1. The van der Waals surface area contributed by atoms with Crippen molar-refractivity contribution in [2.24, 2.45) is 0 Å². The molecule has 1 aromatic heterocycles. The maximum absolute atomic E-state index is 5.87. The van der Waals surface area contributed by atoms with Crippen LogP contribution in [-0.2, 0) is 12.8 Å². The molecule has 98 valence electrons. The van der Waals surface area contributed by atoms with Crippen LogP contribution in [0.4, 0.5) is 5.69 Å². The molecule has 0 unspecified atom stereocenters. The largest absolute Gasteiger partial charge is 0.493 e. The lowest BCUT2D eigenvalue weighted by Gasteiger charge is -2.05. The van der Waals surface area contributed by atoms with Crippen LogP contribution in [0.2, 0.25) is 0 Å². The number of benzene rings is 1. The summed E-state index contributed by atoms with van der Waals surface area (Å²) in [4.78, 5) is 4.29. The average molecular weight is 272 g/mol. The van der Waals surface area contributed by atoms with Crippen molar-refractivity contribution in [1.29, 1.82) is 0 Å². The van der Waals surface area contributed by atoms with Gasteiger partial charge in [0.25, 0.3) is 0 Å². The second-order valence-electron chi connectivity index (χ2n) is 4.54. The van der Waals surface area contributed by atoms with Gasteiger partial charge in [0, 0.05) is 18.4 Å². The van der Waals surface area contributed by atoms with Crippen LogP contribution in [0.15, 0.2) is 41.6 Å². The summed E-state index contributed by atoms with van der Waals surface area (Å²) >= 11 is 1.71. The van der Waals surface area contributed by atoms with Gasteiger partial charge in [0.15, 0.2) is 0 Å². The molecule has 0 aliphatic carbocycles. The number of hydrogen-bond acceptors (Lipinski definition) is 4. The van der Waals surface area contributed by atoms with E-state index in [1.165, 1.54) is 11.1 Å². The zero-order chi connectivity index (χ0) is 13.1. The van der Waals surface area contributed by atoms with Crippen molar-refractivity contribution >= 4 is 17.4 Å². The predicted molar refractivity (Wildman–Crippen MR) is 78.7 cm³/mol. The number of rotatable bonds is 4. The van der Waals surface area contributed by atoms with Crippen molar-refractivity contribution in [2.75, 3.05) is 18.1 Å². The van der Waals surface area contributed by atoms with E-state index in [-0.39, 0.29) is 0 Å². The monoisotopic (exact) mass is 272 g/mol. The van der Waals surface area contributed by atoms with Crippen LogP contribution in [0.1, 0.15) is 11.1 Å². The maximum atomic E-state index is 5.87. The molecule has 3 nitrogen and oxygen atoms in total. The fraction of sp³-hybridized carbons (Fsp3) is 0.267. The number of aromatic nitrogens is 1. The van der Waals surface area contributed by atoms with E-state index in [1.54, 1.807) is 18.0 Å². The van der Waals surface area contributed by atoms with Crippen molar-refractivity contribution in [3.05, 3.63) is 47.7 Å². The van der Waals surface area contributed by atoms with Gasteiger partial charge in [-0.1, -0.05) is 12.1 Å². The highest BCUT2D eigenvalue weighted by atomic mass is 32.2. The van der Waals surface area contributed by atoms with Crippen LogP contribution in [0.25, 0.3) is 0 Å². The first-order valence-electron chi connectivity index (χ1n) is 6.41. The molecule has 0 spiro atoms. The first-order chi connectivity index (χ1) is 9.33. The second-order valence-corrected chi connectivity index (χ2v) is 5.62. The Hall–Kier alpha value is -1.68. The average Bonchev–Trinajstić information content (AvgIpc) is 2.88. The van der Waals surface area contributed by atoms with Crippen molar-refractivity contribution in [3.8, 4) is 5.75 Å². The number of anilines is 1. The second kappa shape index (κ2) is 5.53. The van der Waals surface area contributed by atoms with Crippen LogP contribution < -0.4 is 10.5 Å². The molecule has 4 heteroatoms. The van der Waals surface area contributed by atoms with Gasteiger partial charge in [-0.25, -0.2) is 4.98 Å². The predicted octanol–water partition coefficient (Wildman–Crippen LogP) is 2.93. The smallest absolute Gasteiger partial charge is 0.122 e. The molecule has 2 aromatic rings. The molecule has 1 aromatic carbocycles. The van der Waals surface area contributed by atoms with E-state index >= 15 is 0 Å². The van der Waals surface area contributed by atoms with E-state index in [9.17, 15) is 0 Å². The topological polar surface area (TPSA) is 48.1 Å². The first kappa shape index (κ1) is 12.4. The molecule has 1 aliphatic rings.